The van der Waals surface area contributed by atoms with Gasteiger partial charge in [0.1, 0.15) is 5.75 Å². The number of aryl methyl sites for hydroxylation is 1. The van der Waals surface area contributed by atoms with Gasteiger partial charge in [0, 0.05) is 30.2 Å². The van der Waals surface area contributed by atoms with Crippen LogP contribution in [0.2, 0.25) is 0 Å². The van der Waals surface area contributed by atoms with Crippen molar-refractivity contribution in [2.75, 3.05) is 18.5 Å². The van der Waals surface area contributed by atoms with Crippen LogP contribution in [0.15, 0.2) is 24.3 Å². The van der Waals surface area contributed by atoms with Crippen LogP contribution in [0.5, 0.6) is 5.75 Å². The topological polar surface area (TPSA) is 58.6 Å². The van der Waals surface area contributed by atoms with E-state index >= 15 is 0 Å². The van der Waals surface area contributed by atoms with Crippen molar-refractivity contribution < 1.29 is 14.6 Å². The van der Waals surface area contributed by atoms with E-state index in [9.17, 15) is 4.79 Å². The number of ether oxygens (including phenoxy) is 1. The molecule has 1 aliphatic rings. The Morgan fingerprint density at radius 1 is 1.10 bits per heavy atom. The van der Waals surface area contributed by atoms with Crippen LogP contribution in [0.1, 0.15) is 72.9 Å². The van der Waals surface area contributed by atoms with Gasteiger partial charge in [-0.25, -0.2) is 0 Å². The maximum atomic E-state index is 12.7. The first kappa shape index (κ1) is 22.4. The van der Waals surface area contributed by atoms with Crippen molar-refractivity contribution in [3.63, 3.8) is 0 Å². The Balaban J connectivity index is 1.94. The third kappa shape index (κ3) is 4.70. The molecule has 0 aromatic heterocycles. The Hall–Kier alpha value is -2.33. The molecule has 2 N–H and O–H groups in total. The summed E-state index contributed by atoms with van der Waals surface area (Å²) in [4.78, 5) is 12.7. The Labute approximate surface area is 180 Å². The van der Waals surface area contributed by atoms with Gasteiger partial charge in [0.15, 0.2) is 0 Å². The molecular formula is C26H35NO3. The highest BCUT2D eigenvalue weighted by Crippen LogP contribution is 2.46. The Morgan fingerprint density at radius 3 is 2.37 bits per heavy atom. The molecule has 4 heteroatoms. The number of benzene rings is 2. The fourth-order valence-corrected chi connectivity index (χ4v) is 4.32. The normalized spacial score (nSPS) is 15.6. The number of carbonyl (C=O) groups is 1. The Bertz CT molecular complexity index is 923. The molecule has 1 heterocycles. The molecule has 1 unspecified atom stereocenters. The standard InChI is InChI=1S/C26H35NO3/c1-16-17(2)25-23(18(3)24(16)27-22(29)14-26(4,5)6)21(15-30-25)20-11-9-19(10-12-20)8-7-13-28/h9-12,21,28H,7-8,13-15H2,1-6H3,(H,27,29). The van der Waals surface area contributed by atoms with Crippen LogP contribution >= 0.6 is 0 Å². The van der Waals surface area contributed by atoms with Crippen molar-refractivity contribution in [1.82, 2.24) is 0 Å². The van der Waals surface area contributed by atoms with Crippen LogP contribution in [0, 0.1) is 26.2 Å². The van der Waals surface area contributed by atoms with E-state index in [0.717, 1.165) is 41.0 Å². The largest absolute Gasteiger partial charge is 0.492 e. The van der Waals surface area contributed by atoms with Gasteiger partial charge in [-0.1, -0.05) is 45.0 Å². The fourth-order valence-electron chi connectivity index (χ4n) is 4.32. The molecule has 30 heavy (non-hydrogen) atoms. The molecule has 0 saturated carbocycles. The summed E-state index contributed by atoms with van der Waals surface area (Å²) in [5.74, 6) is 1.18. The molecule has 1 atom stereocenters. The van der Waals surface area contributed by atoms with Gasteiger partial charge in [-0.3, -0.25) is 4.79 Å². The SMILES string of the molecule is Cc1c(C)c2c(c(C)c1NC(=O)CC(C)(C)C)C(c1ccc(CCCO)cc1)CO2. The summed E-state index contributed by atoms with van der Waals surface area (Å²) in [5, 5.41) is 12.2. The minimum atomic E-state index is -0.0545. The van der Waals surface area contributed by atoms with E-state index < -0.39 is 0 Å². The predicted octanol–water partition coefficient (Wildman–Crippen LogP) is 5.44. The molecular weight excluding hydrogens is 374 g/mol. The summed E-state index contributed by atoms with van der Waals surface area (Å²) >= 11 is 0. The van der Waals surface area contributed by atoms with Gasteiger partial charge in [0.05, 0.1) is 6.61 Å². The number of amides is 1. The van der Waals surface area contributed by atoms with Gasteiger partial charge in [-0.15, -0.1) is 0 Å². The summed E-state index contributed by atoms with van der Waals surface area (Å²) in [6, 6.07) is 8.63. The Morgan fingerprint density at radius 2 is 1.77 bits per heavy atom. The van der Waals surface area contributed by atoms with Crippen LogP contribution < -0.4 is 10.1 Å². The average molecular weight is 410 g/mol. The Kier molecular flexibility index (Phi) is 6.56. The molecule has 4 nitrogen and oxygen atoms in total. The number of hydrogen-bond acceptors (Lipinski definition) is 3. The lowest BCUT2D eigenvalue weighted by atomic mass is 9.86. The second-order valence-electron chi connectivity index (χ2n) is 9.71. The number of carbonyl (C=O) groups excluding carboxylic acids is 1. The van der Waals surface area contributed by atoms with Gasteiger partial charge in [0.25, 0.3) is 0 Å². The van der Waals surface area contributed by atoms with Gasteiger partial charge in [-0.2, -0.15) is 0 Å². The zero-order valence-corrected chi connectivity index (χ0v) is 19.2. The lowest BCUT2D eigenvalue weighted by Gasteiger charge is -2.22. The van der Waals surface area contributed by atoms with Gasteiger partial charge < -0.3 is 15.2 Å². The van der Waals surface area contributed by atoms with Crippen molar-refractivity contribution in [3.05, 3.63) is 57.6 Å². The van der Waals surface area contributed by atoms with Crippen molar-refractivity contribution >= 4 is 11.6 Å². The zero-order valence-electron chi connectivity index (χ0n) is 19.2. The molecule has 2 aromatic carbocycles. The maximum absolute atomic E-state index is 12.7. The first-order valence-electron chi connectivity index (χ1n) is 10.9. The molecule has 0 spiro atoms. The lowest BCUT2D eigenvalue weighted by molar-refractivity contribution is -0.117. The summed E-state index contributed by atoms with van der Waals surface area (Å²) in [5.41, 5.74) is 7.79. The number of hydrogen-bond donors (Lipinski definition) is 2. The minimum Gasteiger partial charge on any atom is -0.492 e. The molecule has 0 bridgehead atoms. The predicted molar refractivity (Wildman–Crippen MR) is 123 cm³/mol. The number of aliphatic hydroxyl groups is 1. The number of aliphatic hydroxyl groups excluding tert-OH is 1. The molecule has 0 aliphatic carbocycles. The first-order chi connectivity index (χ1) is 14.1. The molecule has 0 fully saturated rings. The van der Waals surface area contributed by atoms with Crippen LogP contribution in [-0.2, 0) is 11.2 Å². The molecule has 162 valence electrons. The average Bonchev–Trinajstić information content (AvgIpc) is 3.12. The summed E-state index contributed by atoms with van der Waals surface area (Å²) in [6.07, 6.45) is 2.15. The fraction of sp³-hybridized carbons (Fsp3) is 0.500. The molecule has 0 radical (unpaired) electrons. The van der Waals surface area contributed by atoms with Gasteiger partial charge in [0.2, 0.25) is 5.91 Å². The summed E-state index contributed by atoms with van der Waals surface area (Å²) in [7, 11) is 0. The summed E-state index contributed by atoms with van der Waals surface area (Å²) < 4.78 is 6.15. The van der Waals surface area contributed by atoms with Crippen LogP contribution in [0.4, 0.5) is 5.69 Å². The van der Waals surface area contributed by atoms with Gasteiger partial charge in [-0.05, 0) is 66.8 Å². The van der Waals surface area contributed by atoms with E-state index in [1.165, 1.54) is 16.7 Å². The molecule has 1 amide bonds. The quantitative estimate of drug-likeness (QED) is 0.668. The monoisotopic (exact) mass is 409 g/mol. The van der Waals surface area contributed by atoms with E-state index in [-0.39, 0.29) is 23.8 Å². The van der Waals surface area contributed by atoms with E-state index in [1.807, 2.05) is 0 Å². The van der Waals surface area contributed by atoms with Crippen molar-refractivity contribution in [2.24, 2.45) is 5.41 Å². The van der Waals surface area contributed by atoms with E-state index in [1.54, 1.807) is 0 Å². The third-order valence-electron chi connectivity index (χ3n) is 6.01. The highest BCUT2D eigenvalue weighted by molar-refractivity contribution is 5.93. The number of rotatable bonds is 6. The minimum absolute atomic E-state index is 0.0525. The maximum Gasteiger partial charge on any atom is 0.224 e. The number of fused-ring (bicyclic) bond motifs is 1. The molecule has 1 aliphatic heterocycles. The molecule has 0 saturated heterocycles. The molecule has 3 rings (SSSR count). The van der Waals surface area contributed by atoms with Crippen molar-refractivity contribution in [2.45, 2.75) is 66.7 Å². The highest BCUT2D eigenvalue weighted by atomic mass is 16.5. The second-order valence-corrected chi connectivity index (χ2v) is 9.71. The first-order valence-corrected chi connectivity index (χ1v) is 10.9. The number of anilines is 1. The van der Waals surface area contributed by atoms with Crippen molar-refractivity contribution in [3.8, 4) is 5.75 Å². The highest BCUT2D eigenvalue weighted by Gasteiger charge is 2.32. The van der Waals surface area contributed by atoms with Crippen LogP contribution in [-0.4, -0.2) is 24.2 Å². The van der Waals surface area contributed by atoms with E-state index in [4.69, 9.17) is 9.84 Å². The third-order valence-corrected chi connectivity index (χ3v) is 6.01. The van der Waals surface area contributed by atoms with E-state index in [2.05, 4.69) is 71.1 Å². The second kappa shape index (κ2) is 8.81. The lowest BCUT2D eigenvalue weighted by Crippen LogP contribution is -2.21. The smallest absolute Gasteiger partial charge is 0.224 e. The van der Waals surface area contributed by atoms with Crippen molar-refractivity contribution in [1.29, 1.82) is 0 Å². The van der Waals surface area contributed by atoms with E-state index in [0.29, 0.717) is 13.0 Å². The summed E-state index contributed by atoms with van der Waals surface area (Å²) in [6.45, 7) is 13.3. The zero-order chi connectivity index (χ0) is 22.1. The molecule has 2 aromatic rings. The number of nitrogens with one attached hydrogen (secondary N) is 1. The van der Waals surface area contributed by atoms with Crippen LogP contribution in [0.25, 0.3) is 0 Å². The van der Waals surface area contributed by atoms with Crippen LogP contribution in [0.3, 0.4) is 0 Å². The van der Waals surface area contributed by atoms with Gasteiger partial charge >= 0.3 is 0 Å².